The van der Waals surface area contributed by atoms with Crippen LogP contribution in [0.4, 0.5) is 8.78 Å². The summed E-state index contributed by atoms with van der Waals surface area (Å²) in [6, 6.07) is 7.67. The Morgan fingerprint density at radius 1 is 1.25 bits per heavy atom. The summed E-state index contributed by atoms with van der Waals surface area (Å²) in [7, 11) is 0. The number of ether oxygens (including phenoxy) is 1. The first-order valence-corrected chi connectivity index (χ1v) is 6.50. The van der Waals surface area contributed by atoms with Gasteiger partial charge in [0.15, 0.2) is 0 Å². The summed E-state index contributed by atoms with van der Waals surface area (Å²) in [6.07, 6.45) is -1.45. The van der Waals surface area contributed by atoms with E-state index in [2.05, 4.69) is 15.0 Å². The number of aromatic nitrogens is 3. The van der Waals surface area contributed by atoms with Gasteiger partial charge in [-0.25, -0.2) is 4.68 Å². The highest BCUT2D eigenvalue weighted by Crippen LogP contribution is 2.23. The maximum absolute atomic E-state index is 13.2. The van der Waals surface area contributed by atoms with Crippen molar-refractivity contribution in [1.82, 2.24) is 15.0 Å². The van der Waals surface area contributed by atoms with Crippen molar-refractivity contribution < 1.29 is 13.5 Å². The van der Waals surface area contributed by atoms with Crippen LogP contribution in [0, 0.1) is 6.92 Å². The molecule has 1 aromatic carbocycles. The van der Waals surface area contributed by atoms with E-state index in [1.54, 1.807) is 13.1 Å². The lowest BCUT2D eigenvalue weighted by Crippen LogP contribution is -2.20. The van der Waals surface area contributed by atoms with Crippen LogP contribution in [0.3, 0.4) is 0 Å². The minimum Gasteiger partial charge on any atom is -0.314 e. The van der Waals surface area contributed by atoms with Gasteiger partial charge in [0, 0.05) is 6.42 Å². The minimum absolute atomic E-state index is 0.251. The average molecular weight is 281 g/mol. The van der Waals surface area contributed by atoms with Crippen molar-refractivity contribution in [3.63, 3.8) is 0 Å². The van der Waals surface area contributed by atoms with E-state index in [1.165, 1.54) is 4.68 Å². The number of aryl methyl sites for hydroxylation is 1. The number of alkyl halides is 2. The van der Waals surface area contributed by atoms with Gasteiger partial charge in [-0.1, -0.05) is 29.8 Å². The van der Waals surface area contributed by atoms with Crippen molar-refractivity contribution >= 4 is 0 Å². The lowest BCUT2D eigenvalue weighted by atomic mass is 10.2. The van der Waals surface area contributed by atoms with Crippen LogP contribution in [0.1, 0.15) is 31.0 Å². The molecule has 6 heteroatoms. The van der Waals surface area contributed by atoms with Crippen molar-refractivity contribution in [1.29, 1.82) is 0 Å². The fourth-order valence-electron chi connectivity index (χ4n) is 1.73. The summed E-state index contributed by atoms with van der Waals surface area (Å²) in [4.78, 5) is 0. The molecule has 0 radical (unpaired) electrons. The van der Waals surface area contributed by atoms with Crippen LogP contribution >= 0.6 is 0 Å². The molecule has 1 heterocycles. The molecular formula is C14H17F2N3O. The van der Waals surface area contributed by atoms with Crippen molar-refractivity contribution in [2.45, 2.75) is 39.4 Å². The Bertz CT molecular complexity index is 552. The smallest absolute Gasteiger partial charge is 0.314 e. The molecule has 0 unspecified atom stereocenters. The van der Waals surface area contributed by atoms with Crippen LogP contribution in [0.5, 0.6) is 0 Å². The van der Waals surface area contributed by atoms with Gasteiger partial charge in [-0.2, -0.15) is 8.78 Å². The van der Waals surface area contributed by atoms with E-state index in [-0.39, 0.29) is 13.0 Å². The first-order valence-electron chi connectivity index (χ1n) is 6.50. The minimum atomic E-state index is -3.11. The standard InChI is InChI=1S/C14H17F2N3O/c1-3-8-14(15,16)20-10-12-9-19(18-17-12)13-6-4-11(2)5-7-13/h4-7,9H,3,8,10H2,1-2H3. The molecular weight excluding hydrogens is 264 g/mol. The first-order chi connectivity index (χ1) is 9.50. The van der Waals surface area contributed by atoms with Crippen LogP contribution in [-0.4, -0.2) is 21.1 Å². The van der Waals surface area contributed by atoms with Gasteiger partial charge in [0.25, 0.3) is 0 Å². The maximum Gasteiger partial charge on any atom is 0.356 e. The van der Waals surface area contributed by atoms with Crippen molar-refractivity contribution in [2.75, 3.05) is 0 Å². The third kappa shape index (κ3) is 3.84. The Hall–Kier alpha value is -1.82. The number of rotatable bonds is 6. The highest BCUT2D eigenvalue weighted by Gasteiger charge is 2.28. The predicted octanol–water partition coefficient (Wildman–Crippen LogP) is 3.49. The van der Waals surface area contributed by atoms with Crippen molar-refractivity contribution in [3.8, 4) is 5.69 Å². The molecule has 2 aromatic rings. The Morgan fingerprint density at radius 2 is 1.95 bits per heavy atom. The molecule has 0 aliphatic carbocycles. The van der Waals surface area contributed by atoms with E-state index in [1.807, 2.05) is 31.2 Å². The van der Waals surface area contributed by atoms with E-state index < -0.39 is 6.11 Å². The number of hydrogen-bond acceptors (Lipinski definition) is 3. The number of halogens is 2. The molecule has 20 heavy (non-hydrogen) atoms. The summed E-state index contributed by atoms with van der Waals surface area (Å²) < 4.78 is 32.5. The van der Waals surface area contributed by atoms with Gasteiger partial charge in [-0.3, -0.25) is 0 Å². The Morgan fingerprint density at radius 3 is 2.60 bits per heavy atom. The van der Waals surface area contributed by atoms with Crippen LogP contribution in [0.2, 0.25) is 0 Å². The average Bonchev–Trinajstić information content (AvgIpc) is 2.86. The second-order valence-electron chi connectivity index (χ2n) is 4.67. The molecule has 1 aromatic heterocycles. The summed E-state index contributed by atoms with van der Waals surface area (Å²) in [5.41, 5.74) is 2.34. The van der Waals surface area contributed by atoms with Gasteiger partial charge < -0.3 is 4.74 Å². The highest BCUT2D eigenvalue weighted by molar-refractivity contribution is 5.33. The van der Waals surface area contributed by atoms with E-state index in [9.17, 15) is 8.78 Å². The fourth-order valence-corrected chi connectivity index (χ4v) is 1.73. The van der Waals surface area contributed by atoms with E-state index >= 15 is 0 Å². The van der Waals surface area contributed by atoms with Gasteiger partial charge in [0.05, 0.1) is 18.5 Å². The van der Waals surface area contributed by atoms with Gasteiger partial charge in [-0.15, -0.1) is 5.10 Å². The molecule has 0 saturated heterocycles. The zero-order chi connectivity index (χ0) is 14.6. The SMILES string of the molecule is CCCC(F)(F)OCc1cn(-c2ccc(C)cc2)nn1. The number of nitrogens with zero attached hydrogens (tertiary/aromatic N) is 3. The van der Waals surface area contributed by atoms with E-state index in [0.29, 0.717) is 12.1 Å². The zero-order valence-corrected chi connectivity index (χ0v) is 11.5. The lowest BCUT2D eigenvalue weighted by Gasteiger charge is -2.14. The van der Waals surface area contributed by atoms with Crippen LogP contribution in [-0.2, 0) is 11.3 Å². The van der Waals surface area contributed by atoms with Crippen LogP contribution in [0.25, 0.3) is 5.69 Å². The Kier molecular flexibility index (Phi) is 4.44. The van der Waals surface area contributed by atoms with Crippen molar-refractivity contribution in [3.05, 3.63) is 41.7 Å². The molecule has 0 saturated carbocycles. The third-order valence-electron chi connectivity index (χ3n) is 2.81. The fraction of sp³-hybridized carbons (Fsp3) is 0.429. The molecule has 4 nitrogen and oxygen atoms in total. The monoisotopic (exact) mass is 281 g/mol. The van der Waals surface area contributed by atoms with Gasteiger partial charge in [0.2, 0.25) is 0 Å². The summed E-state index contributed by atoms with van der Waals surface area (Å²) in [5.74, 6) is 0. The molecule has 0 amide bonds. The van der Waals surface area contributed by atoms with Gasteiger partial charge >= 0.3 is 6.11 Å². The molecule has 0 aliphatic rings. The summed E-state index contributed by atoms with van der Waals surface area (Å²) in [6.45, 7) is 3.42. The Labute approximate surface area is 116 Å². The maximum atomic E-state index is 13.2. The molecule has 0 N–H and O–H groups in total. The third-order valence-corrected chi connectivity index (χ3v) is 2.81. The zero-order valence-electron chi connectivity index (χ0n) is 11.5. The van der Waals surface area contributed by atoms with Gasteiger partial charge in [-0.05, 0) is 25.5 Å². The summed E-state index contributed by atoms with van der Waals surface area (Å²) >= 11 is 0. The molecule has 0 aliphatic heterocycles. The van der Waals surface area contributed by atoms with E-state index in [0.717, 1.165) is 11.3 Å². The second kappa shape index (κ2) is 6.09. The number of hydrogen-bond donors (Lipinski definition) is 0. The number of benzene rings is 1. The topological polar surface area (TPSA) is 39.9 Å². The lowest BCUT2D eigenvalue weighted by molar-refractivity contribution is -0.249. The molecule has 108 valence electrons. The van der Waals surface area contributed by atoms with Gasteiger partial charge in [0.1, 0.15) is 5.69 Å². The molecule has 0 fully saturated rings. The van der Waals surface area contributed by atoms with Crippen LogP contribution in [0.15, 0.2) is 30.5 Å². The largest absolute Gasteiger partial charge is 0.356 e. The quantitative estimate of drug-likeness (QED) is 0.813. The van der Waals surface area contributed by atoms with E-state index in [4.69, 9.17) is 0 Å². The first kappa shape index (κ1) is 14.6. The highest BCUT2D eigenvalue weighted by atomic mass is 19.3. The molecule has 2 rings (SSSR count). The predicted molar refractivity (Wildman–Crippen MR) is 70.7 cm³/mol. The molecule has 0 bridgehead atoms. The van der Waals surface area contributed by atoms with Crippen LogP contribution < -0.4 is 0 Å². The Balaban J connectivity index is 2.00. The normalized spacial score (nSPS) is 11.8. The second-order valence-corrected chi connectivity index (χ2v) is 4.67. The molecule has 0 atom stereocenters. The molecule has 0 spiro atoms. The summed E-state index contributed by atoms with van der Waals surface area (Å²) in [5, 5.41) is 7.74. The van der Waals surface area contributed by atoms with Crippen molar-refractivity contribution in [2.24, 2.45) is 0 Å².